The molecule has 0 bridgehead atoms. The second kappa shape index (κ2) is 7.19. The SMILES string of the molecule is CCNCc1ccncc1OC(C)COC. The number of hydrogen-bond acceptors (Lipinski definition) is 4. The van der Waals surface area contributed by atoms with Crippen molar-refractivity contribution >= 4 is 0 Å². The van der Waals surface area contributed by atoms with Gasteiger partial charge in [-0.15, -0.1) is 0 Å². The van der Waals surface area contributed by atoms with Crippen molar-refractivity contribution < 1.29 is 9.47 Å². The molecule has 1 heterocycles. The Morgan fingerprint density at radius 3 is 3.00 bits per heavy atom. The number of methoxy groups -OCH3 is 1. The monoisotopic (exact) mass is 224 g/mol. The molecule has 0 aromatic carbocycles. The summed E-state index contributed by atoms with van der Waals surface area (Å²) in [5.41, 5.74) is 1.12. The molecule has 90 valence electrons. The number of aromatic nitrogens is 1. The average molecular weight is 224 g/mol. The summed E-state index contributed by atoms with van der Waals surface area (Å²) in [7, 11) is 1.67. The summed E-state index contributed by atoms with van der Waals surface area (Å²) in [6.45, 7) is 6.38. The molecule has 0 radical (unpaired) electrons. The minimum Gasteiger partial charge on any atom is -0.486 e. The van der Waals surface area contributed by atoms with Crippen molar-refractivity contribution in [2.24, 2.45) is 0 Å². The van der Waals surface area contributed by atoms with Crippen molar-refractivity contribution in [3.63, 3.8) is 0 Å². The molecule has 1 aromatic rings. The number of ether oxygens (including phenoxy) is 2. The summed E-state index contributed by atoms with van der Waals surface area (Å²) in [6, 6.07) is 1.97. The van der Waals surface area contributed by atoms with Gasteiger partial charge in [0.25, 0.3) is 0 Å². The molecule has 0 saturated heterocycles. The van der Waals surface area contributed by atoms with E-state index in [4.69, 9.17) is 9.47 Å². The van der Waals surface area contributed by atoms with Gasteiger partial charge in [-0.3, -0.25) is 4.98 Å². The second-order valence-corrected chi connectivity index (χ2v) is 3.65. The van der Waals surface area contributed by atoms with Gasteiger partial charge in [-0.1, -0.05) is 6.92 Å². The van der Waals surface area contributed by atoms with Gasteiger partial charge < -0.3 is 14.8 Å². The number of pyridine rings is 1. The van der Waals surface area contributed by atoms with E-state index in [9.17, 15) is 0 Å². The summed E-state index contributed by atoms with van der Waals surface area (Å²) >= 11 is 0. The van der Waals surface area contributed by atoms with E-state index >= 15 is 0 Å². The summed E-state index contributed by atoms with van der Waals surface area (Å²) in [4.78, 5) is 4.07. The van der Waals surface area contributed by atoms with Gasteiger partial charge in [-0.2, -0.15) is 0 Å². The van der Waals surface area contributed by atoms with Crippen molar-refractivity contribution in [3.05, 3.63) is 24.0 Å². The quantitative estimate of drug-likeness (QED) is 0.764. The molecule has 0 fully saturated rings. The Morgan fingerprint density at radius 2 is 2.31 bits per heavy atom. The molecule has 0 aliphatic rings. The minimum absolute atomic E-state index is 0.0366. The first-order valence-electron chi connectivity index (χ1n) is 5.57. The third-order valence-electron chi connectivity index (χ3n) is 2.17. The number of nitrogens with zero attached hydrogens (tertiary/aromatic N) is 1. The van der Waals surface area contributed by atoms with Crippen LogP contribution in [0.5, 0.6) is 5.75 Å². The van der Waals surface area contributed by atoms with Crippen LogP contribution in [0.4, 0.5) is 0 Å². The molecule has 0 aliphatic heterocycles. The van der Waals surface area contributed by atoms with Gasteiger partial charge in [0.2, 0.25) is 0 Å². The normalized spacial score (nSPS) is 12.4. The summed E-state index contributed by atoms with van der Waals surface area (Å²) in [5.74, 6) is 0.827. The maximum Gasteiger partial charge on any atom is 0.142 e. The van der Waals surface area contributed by atoms with Gasteiger partial charge in [0.1, 0.15) is 11.9 Å². The van der Waals surface area contributed by atoms with E-state index in [0.29, 0.717) is 6.61 Å². The zero-order valence-electron chi connectivity index (χ0n) is 10.2. The molecule has 1 rings (SSSR count). The predicted octanol–water partition coefficient (Wildman–Crippen LogP) is 1.60. The predicted molar refractivity (Wildman–Crippen MR) is 63.6 cm³/mol. The van der Waals surface area contributed by atoms with Crippen LogP contribution in [-0.4, -0.2) is 31.3 Å². The fourth-order valence-corrected chi connectivity index (χ4v) is 1.41. The molecule has 4 nitrogen and oxygen atoms in total. The van der Waals surface area contributed by atoms with Crippen LogP contribution in [0.3, 0.4) is 0 Å². The van der Waals surface area contributed by atoms with Crippen molar-refractivity contribution in [3.8, 4) is 5.75 Å². The average Bonchev–Trinajstić information content (AvgIpc) is 2.28. The minimum atomic E-state index is 0.0366. The van der Waals surface area contributed by atoms with Crippen LogP contribution in [0.1, 0.15) is 19.4 Å². The van der Waals surface area contributed by atoms with Gasteiger partial charge >= 0.3 is 0 Å². The molecule has 0 amide bonds. The van der Waals surface area contributed by atoms with Crippen molar-refractivity contribution in [2.45, 2.75) is 26.5 Å². The Labute approximate surface area is 97.0 Å². The lowest BCUT2D eigenvalue weighted by Gasteiger charge is -2.16. The maximum atomic E-state index is 5.76. The lowest BCUT2D eigenvalue weighted by Crippen LogP contribution is -2.20. The van der Waals surface area contributed by atoms with Crippen LogP contribution in [-0.2, 0) is 11.3 Å². The smallest absolute Gasteiger partial charge is 0.142 e. The molecule has 0 spiro atoms. The van der Waals surface area contributed by atoms with E-state index in [2.05, 4.69) is 17.2 Å². The maximum absolute atomic E-state index is 5.76. The zero-order chi connectivity index (χ0) is 11.8. The fraction of sp³-hybridized carbons (Fsp3) is 0.583. The second-order valence-electron chi connectivity index (χ2n) is 3.65. The molecule has 1 aromatic heterocycles. The Morgan fingerprint density at radius 1 is 1.50 bits per heavy atom. The molecule has 1 unspecified atom stereocenters. The van der Waals surface area contributed by atoms with Gasteiger partial charge in [-0.25, -0.2) is 0 Å². The van der Waals surface area contributed by atoms with Gasteiger partial charge in [0, 0.05) is 25.4 Å². The Hall–Kier alpha value is -1.13. The van der Waals surface area contributed by atoms with Crippen LogP contribution in [0.15, 0.2) is 18.5 Å². The Balaban J connectivity index is 2.62. The largest absolute Gasteiger partial charge is 0.486 e. The number of hydrogen-bond donors (Lipinski definition) is 1. The standard InChI is InChI=1S/C12H20N2O2/c1-4-13-7-11-5-6-14-8-12(11)16-10(2)9-15-3/h5-6,8,10,13H,4,7,9H2,1-3H3. The lowest BCUT2D eigenvalue weighted by molar-refractivity contribution is 0.0911. The number of rotatable bonds is 7. The topological polar surface area (TPSA) is 43.4 Å². The first-order chi connectivity index (χ1) is 7.77. The van der Waals surface area contributed by atoms with E-state index in [-0.39, 0.29) is 6.10 Å². The number of nitrogens with one attached hydrogen (secondary N) is 1. The van der Waals surface area contributed by atoms with Crippen molar-refractivity contribution in [1.82, 2.24) is 10.3 Å². The fourth-order valence-electron chi connectivity index (χ4n) is 1.41. The van der Waals surface area contributed by atoms with Crippen molar-refractivity contribution in [1.29, 1.82) is 0 Å². The highest BCUT2D eigenvalue weighted by atomic mass is 16.5. The molecule has 1 N–H and O–H groups in total. The van der Waals surface area contributed by atoms with Crippen LogP contribution in [0, 0.1) is 0 Å². The van der Waals surface area contributed by atoms with Gasteiger partial charge in [-0.05, 0) is 19.5 Å². The van der Waals surface area contributed by atoms with Gasteiger partial charge in [0.05, 0.1) is 12.8 Å². The molecule has 4 heteroatoms. The summed E-state index contributed by atoms with van der Waals surface area (Å²) < 4.78 is 10.8. The van der Waals surface area contributed by atoms with E-state index < -0.39 is 0 Å². The third-order valence-corrected chi connectivity index (χ3v) is 2.17. The Kier molecular flexibility index (Phi) is 5.82. The molecular formula is C12H20N2O2. The van der Waals surface area contributed by atoms with Gasteiger partial charge in [0.15, 0.2) is 0 Å². The molecular weight excluding hydrogens is 204 g/mol. The van der Waals surface area contributed by atoms with E-state index in [1.54, 1.807) is 19.5 Å². The van der Waals surface area contributed by atoms with Crippen LogP contribution < -0.4 is 10.1 Å². The third kappa shape index (κ3) is 4.16. The first kappa shape index (κ1) is 12.9. The summed E-state index contributed by atoms with van der Waals surface area (Å²) in [5, 5.41) is 3.27. The zero-order valence-corrected chi connectivity index (χ0v) is 10.2. The lowest BCUT2D eigenvalue weighted by atomic mass is 10.2. The van der Waals surface area contributed by atoms with Crippen LogP contribution in [0.2, 0.25) is 0 Å². The first-order valence-corrected chi connectivity index (χ1v) is 5.57. The molecule has 1 atom stereocenters. The van der Waals surface area contributed by atoms with Crippen molar-refractivity contribution in [2.75, 3.05) is 20.3 Å². The molecule has 0 aliphatic carbocycles. The molecule has 16 heavy (non-hydrogen) atoms. The van der Waals surface area contributed by atoms with E-state index in [1.807, 2.05) is 13.0 Å². The highest BCUT2D eigenvalue weighted by Crippen LogP contribution is 2.17. The van der Waals surface area contributed by atoms with Crippen LogP contribution in [0.25, 0.3) is 0 Å². The highest BCUT2D eigenvalue weighted by molar-refractivity contribution is 5.29. The van der Waals surface area contributed by atoms with E-state index in [1.165, 1.54) is 0 Å². The van der Waals surface area contributed by atoms with Crippen LogP contribution >= 0.6 is 0 Å². The highest BCUT2D eigenvalue weighted by Gasteiger charge is 2.07. The molecule has 0 saturated carbocycles. The summed E-state index contributed by atoms with van der Waals surface area (Å²) in [6.07, 6.45) is 3.56. The van der Waals surface area contributed by atoms with E-state index in [0.717, 1.165) is 24.4 Å². The Bertz CT molecular complexity index is 305.